The number of carbonyl (C=O) groups excluding carboxylic acids is 1. The normalized spacial score (nSPS) is 34.7. The third-order valence-electron chi connectivity index (χ3n) is 3.26. The summed E-state index contributed by atoms with van der Waals surface area (Å²) in [5, 5.41) is 47.2. The van der Waals surface area contributed by atoms with Gasteiger partial charge < -0.3 is 40.7 Å². The highest BCUT2D eigenvalue weighted by atomic mass is 35.5. The summed E-state index contributed by atoms with van der Waals surface area (Å²) >= 11 is 5.24. The fourth-order valence-corrected chi connectivity index (χ4v) is 2.11. The average molecular weight is 344 g/mol. The number of rotatable bonds is 6. The van der Waals surface area contributed by atoms with Crippen molar-refractivity contribution in [3.05, 3.63) is 0 Å². The van der Waals surface area contributed by atoms with Crippen molar-refractivity contribution < 1.29 is 44.6 Å². The maximum Gasteiger partial charge on any atom is 0.377 e. The zero-order valence-corrected chi connectivity index (χ0v) is 12.1. The Kier molecular flexibility index (Phi) is 6.50. The summed E-state index contributed by atoms with van der Waals surface area (Å²) in [5.41, 5.74) is 5.61. The number of aliphatic hydroxyl groups is 4. The Balaban J connectivity index is 3.10. The molecule has 10 nitrogen and oxygen atoms in total. The Morgan fingerprint density at radius 2 is 2.05 bits per heavy atom. The van der Waals surface area contributed by atoms with Gasteiger partial charge in [-0.2, -0.15) is 0 Å². The molecule has 0 bridgehead atoms. The van der Waals surface area contributed by atoms with Gasteiger partial charge in [0, 0.05) is 0 Å². The molecular formula is C11H18ClNO9. The molecule has 22 heavy (non-hydrogen) atoms. The molecule has 0 saturated carbocycles. The summed E-state index contributed by atoms with van der Waals surface area (Å²) < 4.78 is 9.71. The smallest absolute Gasteiger partial charge is 0.377 e. The van der Waals surface area contributed by atoms with Crippen LogP contribution in [0.25, 0.3) is 0 Å². The molecule has 0 spiro atoms. The molecule has 0 aromatic carbocycles. The molecule has 1 aliphatic rings. The summed E-state index contributed by atoms with van der Waals surface area (Å²) in [7, 11) is 0. The Hall–Kier alpha value is -1.01. The van der Waals surface area contributed by atoms with E-state index in [1.807, 2.05) is 0 Å². The van der Waals surface area contributed by atoms with Crippen LogP contribution in [-0.2, 0) is 19.1 Å². The van der Waals surface area contributed by atoms with Gasteiger partial charge in [0.2, 0.25) is 0 Å². The van der Waals surface area contributed by atoms with Crippen LogP contribution < -0.4 is 5.73 Å². The Labute approximate surface area is 130 Å². The number of carbonyl (C=O) groups is 2. The third kappa shape index (κ3) is 3.84. The minimum Gasteiger partial charge on any atom is -0.476 e. The summed E-state index contributed by atoms with van der Waals surface area (Å²) in [6.07, 6.45) is -7.33. The lowest BCUT2D eigenvalue weighted by Gasteiger charge is -2.44. The van der Waals surface area contributed by atoms with Gasteiger partial charge in [-0.05, 0) is 0 Å². The fourth-order valence-electron chi connectivity index (χ4n) is 2.06. The monoisotopic (exact) mass is 343 g/mol. The van der Waals surface area contributed by atoms with Crippen molar-refractivity contribution in [1.82, 2.24) is 0 Å². The van der Waals surface area contributed by atoms with E-state index in [0.29, 0.717) is 0 Å². The van der Waals surface area contributed by atoms with E-state index in [1.54, 1.807) is 0 Å². The van der Waals surface area contributed by atoms with E-state index in [0.717, 1.165) is 0 Å². The first kappa shape index (κ1) is 19.0. The Bertz CT molecular complexity index is 422. The number of halogens is 1. The first-order valence-electron chi connectivity index (χ1n) is 6.28. The molecule has 128 valence electrons. The second-order valence-corrected chi connectivity index (χ2v) is 5.10. The van der Waals surface area contributed by atoms with Gasteiger partial charge >= 0.3 is 17.7 Å². The van der Waals surface area contributed by atoms with Crippen molar-refractivity contribution in [3.63, 3.8) is 0 Å². The number of carboxylic acid groups (broad SMARTS) is 1. The predicted octanol–water partition coefficient (Wildman–Crippen LogP) is -3.26. The molecule has 1 heterocycles. The van der Waals surface area contributed by atoms with Crippen LogP contribution in [0.4, 0.5) is 0 Å². The SMILES string of the molecule is N[C@H]1[C@H]([C@H](O)[C@H](O)CO)O[C@](OC(=O)CCl)(C(=O)O)C[C@@H]1O. The molecule has 0 unspecified atom stereocenters. The average Bonchev–Trinajstić information content (AvgIpc) is 2.48. The number of aliphatic hydroxyl groups excluding tert-OH is 4. The molecule has 7 N–H and O–H groups in total. The van der Waals surface area contributed by atoms with Gasteiger partial charge in [-0.3, -0.25) is 4.79 Å². The third-order valence-corrected chi connectivity index (χ3v) is 3.48. The maximum atomic E-state index is 11.4. The van der Waals surface area contributed by atoms with E-state index in [-0.39, 0.29) is 0 Å². The molecule has 1 rings (SSSR count). The van der Waals surface area contributed by atoms with E-state index < -0.39 is 67.1 Å². The largest absolute Gasteiger partial charge is 0.476 e. The van der Waals surface area contributed by atoms with Gasteiger partial charge in [-0.25, -0.2) is 4.79 Å². The maximum absolute atomic E-state index is 11.4. The zero-order chi connectivity index (χ0) is 17.1. The standard InChI is InChI=1S/C11H18ClNO9/c12-2-6(17)21-11(10(19)20)1-4(15)7(13)9(22-11)8(18)5(16)3-14/h4-5,7-9,14-16,18H,1-3,13H2,(H,19,20)/t4-,5+,7+,8+,9+,11-/m0/s1. The molecule has 6 atom stereocenters. The van der Waals surface area contributed by atoms with E-state index in [9.17, 15) is 30.0 Å². The van der Waals surface area contributed by atoms with Crippen LogP contribution in [0.5, 0.6) is 0 Å². The van der Waals surface area contributed by atoms with Crippen molar-refractivity contribution in [2.75, 3.05) is 12.5 Å². The van der Waals surface area contributed by atoms with Crippen molar-refractivity contribution in [1.29, 1.82) is 0 Å². The van der Waals surface area contributed by atoms with Crippen LogP contribution in [0.15, 0.2) is 0 Å². The second kappa shape index (κ2) is 7.51. The number of hydrogen-bond donors (Lipinski definition) is 6. The number of ether oxygens (including phenoxy) is 2. The van der Waals surface area contributed by atoms with Crippen molar-refractivity contribution in [2.45, 2.75) is 42.7 Å². The van der Waals surface area contributed by atoms with Crippen LogP contribution >= 0.6 is 11.6 Å². The molecule has 0 amide bonds. The van der Waals surface area contributed by atoms with Gasteiger partial charge in [0.25, 0.3) is 0 Å². The quantitative estimate of drug-likeness (QED) is 0.211. The molecule has 1 fully saturated rings. The minimum atomic E-state index is -2.61. The van der Waals surface area contributed by atoms with Crippen LogP contribution in [0.3, 0.4) is 0 Å². The van der Waals surface area contributed by atoms with Crippen molar-refractivity contribution >= 4 is 23.5 Å². The molecule has 0 aliphatic carbocycles. The number of hydrogen-bond acceptors (Lipinski definition) is 9. The van der Waals surface area contributed by atoms with Crippen LogP contribution in [0.2, 0.25) is 0 Å². The van der Waals surface area contributed by atoms with Gasteiger partial charge in [0.15, 0.2) is 0 Å². The summed E-state index contributed by atoms with van der Waals surface area (Å²) in [5.74, 6) is -6.13. The number of alkyl halides is 1. The number of carboxylic acids is 1. The molecule has 11 heteroatoms. The number of nitrogens with two attached hydrogens (primary N) is 1. The highest BCUT2D eigenvalue weighted by Crippen LogP contribution is 2.32. The topological polar surface area (TPSA) is 180 Å². The van der Waals surface area contributed by atoms with Gasteiger partial charge in [0.05, 0.1) is 25.2 Å². The fraction of sp³-hybridized carbons (Fsp3) is 0.818. The molecule has 0 aromatic rings. The van der Waals surface area contributed by atoms with E-state index in [1.165, 1.54) is 0 Å². The lowest BCUT2D eigenvalue weighted by atomic mass is 9.89. The first-order chi connectivity index (χ1) is 10.2. The number of esters is 1. The predicted molar refractivity (Wildman–Crippen MR) is 69.8 cm³/mol. The number of aliphatic carboxylic acids is 1. The van der Waals surface area contributed by atoms with Crippen LogP contribution in [0, 0.1) is 0 Å². The Morgan fingerprint density at radius 3 is 2.50 bits per heavy atom. The van der Waals surface area contributed by atoms with Gasteiger partial charge in [-0.1, -0.05) is 0 Å². The first-order valence-corrected chi connectivity index (χ1v) is 6.81. The Morgan fingerprint density at radius 1 is 1.45 bits per heavy atom. The summed E-state index contributed by atoms with van der Waals surface area (Å²) in [6, 6.07) is -1.28. The van der Waals surface area contributed by atoms with Gasteiger partial charge in [0.1, 0.15) is 24.2 Å². The summed E-state index contributed by atoms with van der Waals surface area (Å²) in [4.78, 5) is 22.7. The van der Waals surface area contributed by atoms with E-state index in [4.69, 9.17) is 27.2 Å². The zero-order valence-electron chi connectivity index (χ0n) is 11.3. The van der Waals surface area contributed by atoms with Crippen LogP contribution in [0.1, 0.15) is 6.42 Å². The molecule has 1 saturated heterocycles. The van der Waals surface area contributed by atoms with Gasteiger partial charge in [-0.15, -0.1) is 11.6 Å². The lowest BCUT2D eigenvalue weighted by Crippen LogP contribution is -2.66. The molecule has 1 aliphatic heterocycles. The molecular weight excluding hydrogens is 326 g/mol. The molecule has 0 radical (unpaired) electrons. The van der Waals surface area contributed by atoms with Crippen LogP contribution in [-0.4, -0.2) is 86.2 Å². The highest BCUT2D eigenvalue weighted by molar-refractivity contribution is 6.26. The van der Waals surface area contributed by atoms with E-state index in [2.05, 4.69) is 4.74 Å². The lowest BCUT2D eigenvalue weighted by molar-refractivity contribution is -0.298. The summed E-state index contributed by atoms with van der Waals surface area (Å²) in [6.45, 7) is -0.856. The minimum absolute atomic E-state index is 0.660. The van der Waals surface area contributed by atoms with Crippen molar-refractivity contribution in [2.24, 2.45) is 5.73 Å². The molecule has 0 aromatic heterocycles. The van der Waals surface area contributed by atoms with Crippen molar-refractivity contribution in [3.8, 4) is 0 Å². The highest BCUT2D eigenvalue weighted by Gasteiger charge is 2.56. The second-order valence-electron chi connectivity index (χ2n) is 4.84. The van der Waals surface area contributed by atoms with E-state index >= 15 is 0 Å².